The van der Waals surface area contributed by atoms with Crippen molar-refractivity contribution in [1.29, 1.82) is 0 Å². The fourth-order valence-electron chi connectivity index (χ4n) is 2.57. The van der Waals surface area contributed by atoms with E-state index in [1.165, 1.54) is 18.4 Å². The Morgan fingerprint density at radius 2 is 2.06 bits per heavy atom. The minimum atomic E-state index is -0.487. The summed E-state index contributed by atoms with van der Waals surface area (Å²) in [5, 5.41) is 17.9. The second-order valence-corrected chi connectivity index (χ2v) is 5.26. The summed E-state index contributed by atoms with van der Waals surface area (Å²) < 4.78 is 1.80. The summed E-state index contributed by atoms with van der Waals surface area (Å²) in [7, 11) is 1.92. The van der Waals surface area contributed by atoms with Gasteiger partial charge in [0.1, 0.15) is 0 Å². The van der Waals surface area contributed by atoms with Crippen LogP contribution in [-0.2, 0) is 13.6 Å². The van der Waals surface area contributed by atoms with Crippen LogP contribution in [0.5, 0.6) is 0 Å². The Balaban J connectivity index is 1.76. The van der Waals surface area contributed by atoms with E-state index in [9.17, 15) is 5.11 Å². The van der Waals surface area contributed by atoms with E-state index in [2.05, 4.69) is 10.4 Å². The van der Waals surface area contributed by atoms with Crippen molar-refractivity contribution in [3.05, 3.63) is 18.0 Å². The van der Waals surface area contributed by atoms with Crippen LogP contribution < -0.4 is 5.32 Å². The fraction of sp³-hybridized carbons (Fsp3) is 0.769. The number of hydrogen-bond acceptors (Lipinski definition) is 3. The zero-order chi connectivity index (χ0) is 12.1. The Morgan fingerprint density at radius 3 is 2.65 bits per heavy atom. The molecule has 1 fully saturated rings. The Hall–Kier alpha value is -0.870. The smallest absolute Gasteiger partial charge is 0.0771 e. The third-order valence-electron chi connectivity index (χ3n) is 3.58. The zero-order valence-electron chi connectivity index (χ0n) is 10.7. The molecule has 0 saturated heterocycles. The van der Waals surface area contributed by atoms with Gasteiger partial charge in [0.2, 0.25) is 0 Å². The molecule has 0 aliphatic heterocycles. The third-order valence-corrected chi connectivity index (χ3v) is 3.58. The van der Waals surface area contributed by atoms with Gasteiger partial charge < -0.3 is 10.4 Å². The lowest BCUT2D eigenvalue weighted by molar-refractivity contribution is 0.0250. The van der Waals surface area contributed by atoms with E-state index in [1.54, 1.807) is 4.68 Å². The molecule has 4 heteroatoms. The topological polar surface area (TPSA) is 50.1 Å². The monoisotopic (exact) mass is 237 g/mol. The van der Waals surface area contributed by atoms with Gasteiger partial charge in [-0.25, -0.2) is 0 Å². The predicted molar refractivity (Wildman–Crippen MR) is 67.6 cm³/mol. The number of nitrogens with zero attached hydrogens (tertiary/aromatic N) is 2. The summed E-state index contributed by atoms with van der Waals surface area (Å²) in [5.74, 6) is 0. The largest absolute Gasteiger partial charge is 0.389 e. The average Bonchev–Trinajstić information content (AvgIpc) is 2.58. The van der Waals surface area contributed by atoms with Crippen molar-refractivity contribution in [3.8, 4) is 0 Å². The van der Waals surface area contributed by atoms with E-state index in [4.69, 9.17) is 0 Å². The summed E-state index contributed by atoms with van der Waals surface area (Å²) >= 11 is 0. The standard InChI is InChI=1S/C13H23N3O/c1-16-10-12(9-15-16)8-14-11-13(17)6-4-2-3-5-7-13/h9-10,14,17H,2-8,11H2,1H3. The number of aromatic nitrogens is 2. The quantitative estimate of drug-likeness (QED) is 0.782. The SMILES string of the molecule is Cn1cc(CNCC2(O)CCCCCC2)cn1. The molecule has 1 heterocycles. The maximum Gasteiger partial charge on any atom is 0.0771 e. The number of rotatable bonds is 4. The molecular weight excluding hydrogens is 214 g/mol. The fourth-order valence-corrected chi connectivity index (χ4v) is 2.57. The molecule has 1 aliphatic carbocycles. The molecule has 1 aromatic heterocycles. The lowest BCUT2D eigenvalue weighted by atomic mass is 9.94. The normalized spacial score (nSPS) is 20.1. The van der Waals surface area contributed by atoms with Gasteiger partial charge in [-0.2, -0.15) is 5.10 Å². The molecule has 0 amide bonds. The van der Waals surface area contributed by atoms with Crippen LogP contribution in [0.2, 0.25) is 0 Å². The Kier molecular flexibility index (Phi) is 4.18. The molecule has 2 N–H and O–H groups in total. The van der Waals surface area contributed by atoms with Gasteiger partial charge in [-0.15, -0.1) is 0 Å². The van der Waals surface area contributed by atoms with Crippen molar-refractivity contribution in [1.82, 2.24) is 15.1 Å². The van der Waals surface area contributed by atoms with E-state index in [-0.39, 0.29) is 0 Å². The van der Waals surface area contributed by atoms with Gasteiger partial charge in [-0.3, -0.25) is 4.68 Å². The summed E-state index contributed by atoms with van der Waals surface area (Å²) in [6, 6.07) is 0. The van der Waals surface area contributed by atoms with Crippen molar-refractivity contribution in [2.75, 3.05) is 6.54 Å². The lowest BCUT2D eigenvalue weighted by Crippen LogP contribution is -2.39. The van der Waals surface area contributed by atoms with Crippen molar-refractivity contribution in [2.24, 2.45) is 7.05 Å². The second-order valence-electron chi connectivity index (χ2n) is 5.26. The molecule has 0 bridgehead atoms. The van der Waals surface area contributed by atoms with Crippen LogP contribution >= 0.6 is 0 Å². The lowest BCUT2D eigenvalue weighted by Gasteiger charge is -2.26. The average molecular weight is 237 g/mol. The third kappa shape index (κ3) is 3.82. The Labute approximate surface area is 103 Å². The molecule has 1 saturated carbocycles. The summed E-state index contributed by atoms with van der Waals surface area (Å²) in [6.45, 7) is 1.48. The van der Waals surface area contributed by atoms with Gasteiger partial charge in [-0.1, -0.05) is 25.7 Å². The molecule has 1 aromatic rings. The molecule has 4 nitrogen and oxygen atoms in total. The molecule has 96 valence electrons. The van der Waals surface area contributed by atoms with E-state index in [0.717, 1.165) is 32.2 Å². The first-order valence-corrected chi connectivity index (χ1v) is 6.59. The number of aryl methyl sites for hydroxylation is 1. The summed E-state index contributed by atoms with van der Waals surface area (Å²) in [6.07, 6.45) is 10.6. The Bertz CT molecular complexity index is 340. The van der Waals surface area contributed by atoms with Gasteiger partial charge in [0, 0.05) is 31.9 Å². The van der Waals surface area contributed by atoms with Gasteiger partial charge in [0.15, 0.2) is 0 Å². The molecule has 17 heavy (non-hydrogen) atoms. The molecule has 0 atom stereocenters. The van der Waals surface area contributed by atoms with E-state index < -0.39 is 5.60 Å². The first-order valence-electron chi connectivity index (χ1n) is 6.59. The second kappa shape index (κ2) is 5.65. The first kappa shape index (κ1) is 12.6. The van der Waals surface area contributed by atoms with Gasteiger partial charge >= 0.3 is 0 Å². The van der Waals surface area contributed by atoms with Crippen molar-refractivity contribution in [3.63, 3.8) is 0 Å². The van der Waals surface area contributed by atoms with Crippen LogP contribution in [0, 0.1) is 0 Å². The summed E-state index contributed by atoms with van der Waals surface area (Å²) in [5.41, 5.74) is 0.684. The van der Waals surface area contributed by atoms with Crippen LogP contribution in [0.15, 0.2) is 12.4 Å². The molecule has 1 aliphatic rings. The van der Waals surface area contributed by atoms with Crippen molar-refractivity contribution >= 4 is 0 Å². The highest BCUT2D eigenvalue weighted by Gasteiger charge is 2.27. The maximum absolute atomic E-state index is 10.5. The van der Waals surface area contributed by atoms with E-state index >= 15 is 0 Å². The number of nitrogens with one attached hydrogen (secondary N) is 1. The first-order chi connectivity index (χ1) is 8.18. The van der Waals surface area contributed by atoms with Crippen LogP contribution in [-0.4, -0.2) is 27.0 Å². The van der Waals surface area contributed by atoms with Gasteiger partial charge in [-0.05, 0) is 12.8 Å². The van der Waals surface area contributed by atoms with Crippen LogP contribution in [0.25, 0.3) is 0 Å². The molecule has 2 rings (SSSR count). The van der Waals surface area contributed by atoms with Crippen LogP contribution in [0.3, 0.4) is 0 Å². The minimum absolute atomic E-state index is 0.487. The molecule has 0 unspecified atom stereocenters. The molecular formula is C13H23N3O. The number of hydrogen-bond donors (Lipinski definition) is 2. The van der Waals surface area contributed by atoms with Gasteiger partial charge in [0.25, 0.3) is 0 Å². The van der Waals surface area contributed by atoms with Crippen molar-refractivity contribution in [2.45, 2.75) is 50.7 Å². The minimum Gasteiger partial charge on any atom is -0.389 e. The highest BCUT2D eigenvalue weighted by Crippen LogP contribution is 2.26. The van der Waals surface area contributed by atoms with Crippen LogP contribution in [0.4, 0.5) is 0 Å². The highest BCUT2D eigenvalue weighted by molar-refractivity contribution is 5.03. The predicted octanol–water partition coefficient (Wildman–Crippen LogP) is 1.59. The van der Waals surface area contributed by atoms with Crippen molar-refractivity contribution < 1.29 is 5.11 Å². The van der Waals surface area contributed by atoms with E-state index in [0.29, 0.717) is 6.54 Å². The molecule has 0 aromatic carbocycles. The zero-order valence-corrected chi connectivity index (χ0v) is 10.7. The Morgan fingerprint density at radius 1 is 1.35 bits per heavy atom. The summed E-state index contributed by atoms with van der Waals surface area (Å²) in [4.78, 5) is 0. The van der Waals surface area contributed by atoms with Gasteiger partial charge in [0.05, 0.1) is 11.8 Å². The maximum atomic E-state index is 10.5. The molecule has 0 radical (unpaired) electrons. The number of aliphatic hydroxyl groups is 1. The highest BCUT2D eigenvalue weighted by atomic mass is 16.3. The van der Waals surface area contributed by atoms with E-state index in [1.807, 2.05) is 19.4 Å². The molecule has 0 spiro atoms. The van der Waals surface area contributed by atoms with Crippen LogP contribution in [0.1, 0.15) is 44.1 Å².